The molecule has 3 nitrogen and oxygen atoms in total. The van der Waals surface area contributed by atoms with Crippen LogP contribution in [0.3, 0.4) is 0 Å². The zero-order valence-corrected chi connectivity index (χ0v) is 17.4. The molecule has 2 atom stereocenters. The highest BCUT2D eigenvalue weighted by atomic mass is 16.5. The number of hydrogen-bond donors (Lipinski definition) is 1. The van der Waals surface area contributed by atoms with Gasteiger partial charge in [-0.25, -0.2) is 0 Å². The Labute approximate surface area is 162 Å². The zero-order chi connectivity index (χ0) is 18.9. The minimum absolute atomic E-state index is 0.0644. The van der Waals surface area contributed by atoms with Gasteiger partial charge in [-0.05, 0) is 25.7 Å². The highest BCUT2D eigenvalue weighted by Gasteiger charge is 2.26. The molecule has 3 heteroatoms. The van der Waals surface area contributed by atoms with Gasteiger partial charge >= 0.3 is 5.97 Å². The predicted octanol–water partition coefficient (Wildman–Crippen LogP) is 6.56. The number of aliphatic hydroxyl groups is 1. The first kappa shape index (κ1) is 23.5. The lowest BCUT2D eigenvalue weighted by Crippen LogP contribution is -2.27. The van der Waals surface area contributed by atoms with E-state index in [-0.39, 0.29) is 18.0 Å². The van der Waals surface area contributed by atoms with E-state index in [2.05, 4.69) is 6.92 Å². The molecule has 0 radical (unpaired) electrons. The highest BCUT2D eigenvalue weighted by molar-refractivity contribution is 5.72. The Kier molecular flexibility index (Phi) is 15.0. The maximum atomic E-state index is 11.9. The van der Waals surface area contributed by atoms with Crippen molar-refractivity contribution < 1.29 is 14.6 Å². The number of hydrogen-bond acceptors (Lipinski definition) is 3. The molecule has 0 heterocycles. The van der Waals surface area contributed by atoms with Gasteiger partial charge in [0.2, 0.25) is 0 Å². The van der Waals surface area contributed by atoms with Crippen molar-refractivity contribution in [2.75, 3.05) is 6.61 Å². The van der Waals surface area contributed by atoms with Gasteiger partial charge in [0, 0.05) is 0 Å². The summed E-state index contributed by atoms with van der Waals surface area (Å²) >= 11 is 0. The van der Waals surface area contributed by atoms with Crippen LogP contribution in [0.15, 0.2) is 0 Å². The van der Waals surface area contributed by atoms with Crippen molar-refractivity contribution in [2.45, 2.75) is 129 Å². The number of unbranched alkanes of at least 4 members (excludes halogenated alkanes) is 13. The fraction of sp³-hybridized carbons (Fsp3) is 0.957. The number of aliphatic hydroxyl groups excluding tert-OH is 1. The second-order valence-corrected chi connectivity index (χ2v) is 8.28. The van der Waals surface area contributed by atoms with Crippen molar-refractivity contribution in [3.8, 4) is 0 Å². The van der Waals surface area contributed by atoms with E-state index in [9.17, 15) is 9.90 Å². The molecule has 1 saturated carbocycles. The van der Waals surface area contributed by atoms with Crippen molar-refractivity contribution in [3.63, 3.8) is 0 Å². The SMILES string of the molecule is CCCCCCCCCCCCCCCCOC(=O)C1CCCC(O)C1. The van der Waals surface area contributed by atoms with E-state index in [1.165, 1.54) is 77.0 Å². The molecule has 2 unspecified atom stereocenters. The summed E-state index contributed by atoms with van der Waals surface area (Å²) in [6.45, 7) is 2.83. The predicted molar refractivity (Wildman–Crippen MR) is 109 cm³/mol. The van der Waals surface area contributed by atoms with Crippen molar-refractivity contribution in [1.82, 2.24) is 0 Å². The van der Waals surface area contributed by atoms with Crippen LogP contribution in [0, 0.1) is 5.92 Å². The molecule has 0 aromatic rings. The Morgan fingerprint density at radius 2 is 1.31 bits per heavy atom. The fourth-order valence-electron chi connectivity index (χ4n) is 3.97. The average Bonchev–Trinajstić information content (AvgIpc) is 2.64. The van der Waals surface area contributed by atoms with Crippen LogP contribution < -0.4 is 0 Å². The number of rotatable bonds is 16. The summed E-state index contributed by atoms with van der Waals surface area (Å²) in [6.07, 6.45) is 21.7. The first-order valence-corrected chi connectivity index (χ1v) is 11.6. The molecule has 1 N–H and O–H groups in total. The Morgan fingerprint density at radius 1 is 0.808 bits per heavy atom. The Balaban J connectivity index is 1.77. The largest absolute Gasteiger partial charge is 0.465 e. The van der Waals surface area contributed by atoms with Crippen LogP contribution >= 0.6 is 0 Å². The van der Waals surface area contributed by atoms with Crippen molar-refractivity contribution in [2.24, 2.45) is 5.92 Å². The first-order valence-electron chi connectivity index (χ1n) is 11.6. The Bertz CT molecular complexity index is 329. The van der Waals surface area contributed by atoms with Crippen LogP contribution in [-0.4, -0.2) is 23.8 Å². The summed E-state index contributed by atoms with van der Waals surface area (Å²) in [7, 11) is 0. The van der Waals surface area contributed by atoms with Gasteiger partial charge < -0.3 is 9.84 Å². The first-order chi connectivity index (χ1) is 12.7. The smallest absolute Gasteiger partial charge is 0.309 e. The summed E-state index contributed by atoms with van der Waals surface area (Å²) in [5.74, 6) is -0.149. The number of carbonyl (C=O) groups excluding carboxylic acids is 1. The van der Waals surface area contributed by atoms with Gasteiger partial charge in [-0.3, -0.25) is 4.79 Å². The molecular weight excluding hydrogens is 324 g/mol. The van der Waals surface area contributed by atoms with E-state index in [0.717, 1.165) is 32.1 Å². The van der Waals surface area contributed by atoms with Crippen LogP contribution in [0.4, 0.5) is 0 Å². The van der Waals surface area contributed by atoms with Gasteiger partial charge in [0.1, 0.15) is 0 Å². The summed E-state index contributed by atoms with van der Waals surface area (Å²) in [4.78, 5) is 11.9. The molecule has 0 spiro atoms. The molecule has 0 aromatic carbocycles. The Hall–Kier alpha value is -0.570. The van der Waals surface area contributed by atoms with E-state index in [4.69, 9.17) is 4.74 Å². The monoisotopic (exact) mass is 368 g/mol. The van der Waals surface area contributed by atoms with Crippen molar-refractivity contribution in [1.29, 1.82) is 0 Å². The third-order valence-electron chi connectivity index (χ3n) is 5.72. The lowest BCUT2D eigenvalue weighted by Gasteiger charge is -2.24. The lowest BCUT2D eigenvalue weighted by molar-refractivity contribution is -0.151. The summed E-state index contributed by atoms with van der Waals surface area (Å²) in [5.41, 5.74) is 0. The summed E-state index contributed by atoms with van der Waals surface area (Å²) in [5, 5.41) is 9.62. The molecule has 0 bridgehead atoms. The van der Waals surface area contributed by atoms with E-state index in [1.807, 2.05) is 0 Å². The number of ether oxygens (including phenoxy) is 1. The third-order valence-corrected chi connectivity index (χ3v) is 5.72. The van der Waals surface area contributed by atoms with Gasteiger partial charge in [0.15, 0.2) is 0 Å². The molecule has 1 aliphatic carbocycles. The van der Waals surface area contributed by atoms with Gasteiger partial charge in [0.25, 0.3) is 0 Å². The normalized spacial score (nSPS) is 20.2. The van der Waals surface area contributed by atoms with Crippen LogP contribution in [0.25, 0.3) is 0 Å². The van der Waals surface area contributed by atoms with Crippen molar-refractivity contribution in [3.05, 3.63) is 0 Å². The maximum absolute atomic E-state index is 11.9. The van der Waals surface area contributed by atoms with Gasteiger partial charge in [-0.1, -0.05) is 96.8 Å². The molecule has 1 rings (SSSR count). The fourth-order valence-corrected chi connectivity index (χ4v) is 3.97. The second-order valence-electron chi connectivity index (χ2n) is 8.28. The summed E-state index contributed by atoms with van der Waals surface area (Å²) < 4.78 is 5.39. The maximum Gasteiger partial charge on any atom is 0.309 e. The third kappa shape index (κ3) is 12.7. The molecule has 0 amide bonds. The van der Waals surface area contributed by atoms with E-state index in [0.29, 0.717) is 13.0 Å². The van der Waals surface area contributed by atoms with Crippen LogP contribution in [0.1, 0.15) is 122 Å². The zero-order valence-electron chi connectivity index (χ0n) is 17.4. The molecule has 0 aliphatic heterocycles. The van der Waals surface area contributed by atoms with Crippen LogP contribution in [-0.2, 0) is 9.53 Å². The van der Waals surface area contributed by atoms with E-state index in [1.54, 1.807) is 0 Å². The van der Waals surface area contributed by atoms with Crippen molar-refractivity contribution >= 4 is 5.97 Å². The standard InChI is InChI=1S/C23H44O3/c1-2-3-4-5-6-7-8-9-10-11-12-13-14-15-19-26-23(25)21-17-16-18-22(24)20-21/h21-22,24H,2-20H2,1H3. The molecule has 0 aromatic heterocycles. The van der Waals surface area contributed by atoms with E-state index >= 15 is 0 Å². The van der Waals surface area contributed by atoms with Crippen LogP contribution in [0.2, 0.25) is 0 Å². The van der Waals surface area contributed by atoms with Gasteiger partial charge in [-0.2, -0.15) is 0 Å². The number of esters is 1. The van der Waals surface area contributed by atoms with E-state index < -0.39 is 0 Å². The average molecular weight is 369 g/mol. The molecule has 154 valence electrons. The topological polar surface area (TPSA) is 46.5 Å². The minimum Gasteiger partial charge on any atom is -0.465 e. The lowest BCUT2D eigenvalue weighted by atomic mass is 9.87. The second kappa shape index (κ2) is 16.6. The summed E-state index contributed by atoms with van der Waals surface area (Å²) in [6, 6.07) is 0. The molecule has 1 fully saturated rings. The molecular formula is C23H44O3. The quantitative estimate of drug-likeness (QED) is 0.248. The number of carbonyl (C=O) groups is 1. The molecule has 1 aliphatic rings. The molecule has 0 saturated heterocycles. The van der Waals surface area contributed by atoms with Crippen LogP contribution in [0.5, 0.6) is 0 Å². The minimum atomic E-state index is -0.303. The van der Waals surface area contributed by atoms with Gasteiger partial charge in [0.05, 0.1) is 18.6 Å². The Morgan fingerprint density at radius 3 is 1.81 bits per heavy atom. The molecule has 26 heavy (non-hydrogen) atoms. The van der Waals surface area contributed by atoms with Gasteiger partial charge in [-0.15, -0.1) is 0 Å². The highest BCUT2D eigenvalue weighted by Crippen LogP contribution is 2.25.